The van der Waals surface area contributed by atoms with Crippen LogP contribution in [-0.2, 0) is 9.63 Å². The quantitative estimate of drug-likeness (QED) is 0.639. The summed E-state index contributed by atoms with van der Waals surface area (Å²) in [4.78, 5) is 15.6. The topological polar surface area (TPSA) is 49.8 Å². The van der Waals surface area contributed by atoms with E-state index in [1.54, 1.807) is 12.2 Å². The van der Waals surface area contributed by atoms with Crippen molar-refractivity contribution in [1.82, 2.24) is 5.06 Å². The van der Waals surface area contributed by atoms with E-state index in [2.05, 4.69) is 0 Å². The number of hydrogen-bond donors (Lipinski definition) is 1. The molecule has 0 aromatic heterocycles. The molecule has 1 aliphatic carbocycles. The van der Waals surface area contributed by atoms with Crippen LogP contribution in [0.2, 0.25) is 0 Å². The molecule has 0 amide bonds. The van der Waals surface area contributed by atoms with E-state index < -0.39 is 5.97 Å². The van der Waals surface area contributed by atoms with E-state index >= 15 is 0 Å². The molecular weight excluding hydrogens is 158 g/mol. The van der Waals surface area contributed by atoms with E-state index in [1.807, 2.05) is 7.05 Å². The summed E-state index contributed by atoms with van der Waals surface area (Å²) in [7, 11) is 3.45. The number of rotatable bonds is 3. The number of nitrogens with zero attached hydrogens (tertiary/aromatic N) is 1. The fourth-order valence-corrected chi connectivity index (χ4v) is 1.66. The van der Waals surface area contributed by atoms with E-state index in [-0.39, 0.29) is 12.0 Å². The lowest BCUT2D eigenvalue weighted by atomic mass is 10.1. The van der Waals surface area contributed by atoms with Crippen LogP contribution in [0.3, 0.4) is 0 Å². The lowest BCUT2D eigenvalue weighted by Gasteiger charge is -2.20. The molecule has 0 aromatic rings. The van der Waals surface area contributed by atoms with Crippen molar-refractivity contribution in [3.8, 4) is 0 Å². The average Bonchev–Trinajstić information content (AvgIpc) is 2.51. The molecule has 0 saturated heterocycles. The first-order chi connectivity index (χ1) is 5.65. The van der Waals surface area contributed by atoms with Crippen LogP contribution < -0.4 is 0 Å². The van der Waals surface area contributed by atoms with Gasteiger partial charge < -0.3 is 9.94 Å². The summed E-state index contributed by atoms with van der Waals surface area (Å²) in [5.74, 6) is -0.852. The van der Waals surface area contributed by atoms with Crippen LogP contribution in [0.15, 0.2) is 0 Å². The van der Waals surface area contributed by atoms with Crippen molar-refractivity contribution in [3.63, 3.8) is 0 Å². The van der Waals surface area contributed by atoms with Crippen molar-refractivity contribution < 1.29 is 14.7 Å². The van der Waals surface area contributed by atoms with E-state index in [9.17, 15) is 4.79 Å². The lowest BCUT2D eigenvalue weighted by Crippen LogP contribution is -2.28. The Labute approximate surface area is 72.1 Å². The molecule has 0 spiro atoms. The molecule has 1 N–H and O–H groups in total. The monoisotopic (exact) mass is 173 g/mol. The molecule has 0 aliphatic heterocycles. The third-order valence-electron chi connectivity index (χ3n) is 2.56. The maximum absolute atomic E-state index is 10.6. The number of carbonyl (C=O) groups is 1. The van der Waals surface area contributed by atoms with Gasteiger partial charge in [-0.05, 0) is 19.3 Å². The average molecular weight is 173 g/mol. The second-order valence-corrected chi connectivity index (χ2v) is 3.23. The highest BCUT2D eigenvalue weighted by Gasteiger charge is 2.31. The van der Waals surface area contributed by atoms with Crippen LogP contribution in [0.1, 0.15) is 19.3 Å². The summed E-state index contributed by atoms with van der Waals surface area (Å²) in [6, 6.07) is 0.274. The second kappa shape index (κ2) is 3.87. The molecule has 0 bridgehead atoms. The Morgan fingerprint density at radius 2 is 2.25 bits per heavy atom. The van der Waals surface area contributed by atoms with Gasteiger partial charge in [-0.2, -0.15) is 5.06 Å². The molecule has 0 heterocycles. The lowest BCUT2D eigenvalue weighted by molar-refractivity contribution is -0.146. The van der Waals surface area contributed by atoms with Gasteiger partial charge in [0.25, 0.3) is 0 Å². The molecule has 1 saturated carbocycles. The Morgan fingerprint density at radius 3 is 2.67 bits per heavy atom. The Hall–Kier alpha value is -0.610. The summed E-state index contributed by atoms with van der Waals surface area (Å²) in [5, 5.41) is 10.5. The Kier molecular flexibility index (Phi) is 3.05. The molecule has 4 heteroatoms. The number of hydrogen-bond acceptors (Lipinski definition) is 3. The Morgan fingerprint density at radius 1 is 1.58 bits per heavy atom. The fraction of sp³-hybridized carbons (Fsp3) is 0.875. The molecule has 0 radical (unpaired) electrons. The minimum absolute atomic E-state index is 0.174. The third-order valence-corrected chi connectivity index (χ3v) is 2.56. The van der Waals surface area contributed by atoms with Gasteiger partial charge in [0.1, 0.15) is 0 Å². The maximum atomic E-state index is 10.6. The summed E-state index contributed by atoms with van der Waals surface area (Å²) >= 11 is 0. The summed E-state index contributed by atoms with van der Waals surface area (Å²) in [6.45, 7) is 0. The van der Waals surface area contributed by atoms with Crippen molar-refractivity contribution >= 4 is 5.97 Å². The zero-order valence-electron chi connectivity index (χ0n) is 7.49. The second-order valence-electron chi connectivity index (χ2n) is 3.23. The highest BCUT2D eigenvalue weighted by molar-refractivity contribution is 5.70. The predicted molar refractivity (Wildman–Crippen MR) is 43.5 cm³/mol. The van der Waals surface area contributed by atoms with Gasteiger partial charge >= 0.3 is 5.97 Å². The number of aliphatic carboxylic acids is 1. The SMILES string of the molecule is CON(C)C1CCC(C(=O)O)C1. The van der Waals surface area contributed by atoms with Crippen LogP contribution in [0.25, 0.3) is 0 Å². The van der Waals surface area contributed by atoms with Crippen LogP contribution in [0, 0.1) is 5.92 Å². The zero-order chi connectivity index (χ0) is 9.14. The van der Waals surface area contributed by atoms with Crippen LogP contribution >= 0.6 is 0 Å². The predicted octanol–water partition coefficient (Wildman–Crippen LogP) is 0.733. The minimum Gasteiger partial charge on any atom is -0.481 e. The van der Waals surface area contributed by atoms with Gasteiger partial charge in [0.05, 0.1) is 13.0 Å². The van der Waals surface area contributed by atoms with Gasteiger partial charge in [0, 0.05) is 13.1 Å². The Bertz CT molecular complexity index is 172. The van der Waals surface area contributed by atoms with Gasteiger partial charge in [0.2, 0.25) is 0 Å². The number of carboxylic acids is 1. The van der Waals surface area contributed by atoms with E-state index in [4.69, 9.17) is 9.94 Å². The van der Waals surface area contributed by atoms with Gasteiger partial charge in [-0.25, -0.2) is 0 Å². The standard InChI is InChI=1S/C8H15NO3/c1-9(12-2)7-4-3-6(5-7)8(10)11/h6-7H,3-5H2,1-2H3,(H,10,11). The third kappa shape index (κ3) is 1.95. The van der Waals surface area contributed by atoms with Gasteiger partial charge in [0.15, 0.2) is 0 Å². The molecule has 1 aliphatic rings. The van der Waals surface area contributed by atoms with Gasteiger partial charge in [-0.3, -0.25) is 4.79 Å². The molecule has 2 atom stereocenters. The molecular formula is C8H15NO3. The molecule has 1 rings (SSSR count). The van der Waals surface area contributed by atoms with Crippen LogP contribution in [0.5, 0.6) is 0 Å². The summed E-state index contributed by atoms with van der Waals surface area (Å²) < 4.78 is 0. The van der Waals surface area contributed by atoms with Crippen LogP contribution in [-0.4, -0.2) is 36.3 Å². The maximum Gasteiger partial charge on any atom is 0.306 e. The smallest absolute Gasteiger partial charge is 0.306 e. The first-order valence-electron chi connectivity index (χ1n) is 4.15. The van der Waals surface area contributed by atoms with Crippen molar-refractivity contribution in [2.75, 3.05) is 14.2 Å². The first-order valence-corrected chi connectivity index (χ1v) is 4.15. The number of carboxylic acid groups (broad SMARTS) is 1. The van der Waals surface area contributed by atoms with Crippen molar-refractivity contribution in [3.05, 3.63) is 0 Å². The summed E-state index contributed by atoms with van der Waals surface area (Å²) in [5.41, 5.74) is 0. The highest BCUT2D eigenvalue weighted by atomic mass is 16.7. The molecule has 4 nitrogen and oxygen atoms in total. The number of hydroxylamine groups is 2. The molecule has 1 fully saturated rings. The van der Waals surface area contributed by atoms with Gasteiger partial charge in [-0.1, -0.05) is 0 Å². The normalized spacial score (nSPS) is 29.6. The zero-order valence-corrected chi connectivity index (χ0v) is 7.49. The minimum atomic E-state index is -0.679. The van der Waals surface area contributed by atoms with Crippen molar-refractivity contribution in [1.29, 1.82) is 0 Å². The molecule has 70 valence electrons. The van der Waals surface area contributed by atoms with E-state index in [0.29, 0.717) is 6.42 Å². The molecule has 0 aromatic carbocycles. The van der Waals surface area contributed by atoms with Crippen molar-refractivity contribution in [2.24, 2.45) is 5.92 Å². The van der Waals surface area contributed by atoms with Crippen molar-refractivity contribution in [2.45, 2.75) is 25.3 Å². The van der Waals surface area contributed by atoms with E-state index in [1.165, 1.54) is 0 Å². The summed E-state index contributed by atoms with van der Waals surface area (Å²) in [6.07, 6.45) is 2.40. The first kappa shape index (κ1) is 9.48. The van der Waals surface area contributed by atoms with Crippen LogP contribution in [0.4, 0.5) is 0 Å². The fourth-order valence-electron chi connectivity index (χ4n) is 1.66. The largest absolute Gasteiger partial charge is 0.481 e. The van der Waals surface area contributed by atoms with E-state index in [0.717, 1.165) is 12.8 Å². The molecule has 2 unspecified atom stereocenters. The highest BCUT2D eigenvalue weighted by Crippen LogP contribution is 2.28. The molecule has 12 heavy (non-hydrogen) atoms. The Balaban J connectivity index is 2.40. The van der Waals surface area contributed by atoms with Gasteiger partial charge in [-0.15, -0.1) is 0 Å².